The number of rotatable bonds is 1. The molecule has 1 fully saturated rings. The molecule has 1 N–H and O–H groups in total. The van der Waals surface area contributed by atoms with Crippen molar-refractivity contribution in [3.63, 3.8) is 0 Å². The van der Waals surface area contributed by atoms with Gasteiger partial charge in [-0.2, -0.15) is 0 Å². The van der Waals surface area contributed by atoms with Gasteiger partial charge in [0, 0.05) is 23.8 Å². The molecule has 4 aromatic carbocycles. The van der Waals surface area contributed by atoms with E-state index in [1.54, 1.807) is 0 Å². The van der Waals surface area contributed by atoms with Gasteiger partial charge < -0.3 is 10.1 Å². The molecule has 0 amide bonds. The monoisotopic (exact) mass is 365 g/mol. The molecule has 2 heteroatoms. The molecule has 0 aliphatic carbocycles. The fourth-order valence-corrected chi connectivity index (χ4v) is 5.09. The zero-order valence-electron chi connectivity index (χ0n) is 16.0. The average molecular weight is 365 g/mol. The van der Waals surface area contributed by atoms with E-state index in [-0.39, 0.29) is 6.10 Å². The van der Waals surface area contributed by atoms with E-state index in [1.807, 2.05) is 0 Å². The minimum Gasteiger partial charge on any atom is -0.378 e. The Morgan fingerprint density at radius 3 is 2.46 bits per heavy atom. The lowest BCUT2D eigenvalue weighted by Crippen LogP contribution is -2.29. The van der Waals surface area contributed by atoms with Gasteiger partial charge in [-0.05, 0) is 58.7 Å². The highest BCUT2D eigenvalue weighted by atomic mass is 16.5. The van der Waals surface area contributed by atoms with Crippen LogP contribution in [0, 0.1) is 12.8 Å². The molecule has 2 aliphatic heterocycles. The van der Waals surface area contributed by atoms with Crippen LogP contribution in [0.5, 0.6) is 0 Å². The number of hydrogen-bond acceptors (Lipinski definition) is 2. The van der Waals surface area contributed by atoms with Gasteiger partial charge in [0.05, 0.1) is 12.1 Å². The Bertz CT molecular complexity index is 1190. The van der Waals surface area contributed by atoms with Crippen LogP contribution in [0.1, 0.15) is 35.3 Å². The molecule has 1 saturated heterocycles. The van der Waals surface area contributed by atoms with Gasteiger partial charge in [0.1, 0.15) is 0 Å². The Morgan fingerprint density at radius 2 is 1.64 bits per heavy atom. The van der Waals surface area contributed by atoms with Crippen LogP contribution in [-0.2, 0) is 4.74 Å². The molecule has 138 valence electrons. The van der Waals surface area contributed by atoms with Gasteiger partial charge >= 0.3 is 0 Å². The maximum absolute atomic E-state index is 6.34. The van der Waals surface area contributed by atoms with E-state index in [4.69, 9.17) is 4.74 Å². The summed E-state index contributed by atoms with van der Waals surface area (Å²) in [6.07, 6.45) is 1.26. The first-order valence-electron chi connectivity index (χ1n) is 10.2. The van der Waals surface area contributed by atoms with Gasteiger partial charge in [-0.1, -0.05) is 60.2 Å². The predicted molar refractivity (Wildman–Crippen MR) is 116 cm³/mol. The molecule has 4 aromatic rings. The highest BCUT2D eigenvalue weighted by Crippen LogP contribution is 2.52. The second kappa shape index (κ2) is 6.08. The summed E-state index contributed by atoms with van der Waals surface area (Å²) >= 11 is 0. The first-order valence-corrected chi connectivity index (χ1v) is 10.2. The highest BCUT2D eigenvalue weighted by molar-refractivity contribution is 6.01. The molecule has 0 spiro atoms. The van der Waals surface area contributed by atoms with Crippen molar-refractivity contribution in [2.75, 3.05) is 11.9 Å². The summed E-state index contributed by atoms with van der Waals surface area (Å²) in [5, 5.41) is 9.06. The Kier molecular flexibility index (Phi) is 3.51. The van der Waals surface area contributed by atoms with Gasteiger partial charge in [0.25, 0.3) is 0 Å². The number of fused-ring (bicyclic) bond motifs is 6. The molecule has 2 heterocycles. The standard InChI is InChI=1S/C26H23NO/c1-16-6-8-17(9-7-16)25-21-12-13-28-26(21)24-22-15-19-5-3-2-4-18(19)14-20(22)10-11-23(24)27-25/h2-11,14-15,21,25-27H,12-13H2,1H3/t21-,25-,26-/m0/s1. The zero-order chi connectivity index (χ0) is 18.7. The molecule has 0 unspecified atom stereocenters. The van der Waals surface area contributed by atoms with Gasteiger partial charge in [-0.25, -0.2) is 0 Å². The van der Waals surface area contributed by atoms with E-state index in [0.717, 1.165) is 13.0 Å². The Balaban J connectivity index is 1.55. The molecule has 28 heavy (non-hydrogen) atoms. The van der Waals surface area contributed by atoms with Gasteiger partial charge in [0.2, 0.25) is 0 Å². The summed E-state index contributed by atoms with van der Waals surface area (Å²) in [4.78, 5) is 0. The smallest absolute Gasteiger partial charge is 0.0902 e. The van der Waals surface area contributed by atoms with E-state index in [2.05, 4.69) is 85.0 Å². The maximum atomic E-state index is 6.34. The maximum Gasteiger partial charge on any atom is 0.0902 e. The Morgan fingerprint density at radius 1 is 0.857 bits per heavy atom. The van der Waals surface area contributed by atoms with Gasteiger partial charge in [-0.3, -0.25) is 0 Å². The Hall–Kier alpha value is -2.84. The number of aryl methyl sites for hydroxylation is 1. The minimum atomic E-state index is 0.160. The van der Waals surface area contributed by atoms with Crippen LogP contribution in [0.15, 0.2) is 72.8 Å². The lowest BCUT2D eigenvalue weighted by Gasteiger charge is -2.37. The van der Waals surface area contributed by atoms with Crippen molar-refractivity contribution in [2.45, 2.75) is 25.5 Å². The molecule has 0 bridgehead atoms. The lowest BCUT2D eigenvalue weighted by atomic mass is 9.79. The summed E-state index contributed by atoms with van der Waals surface area (Å²) in [6, 6.07) is 27.0. The van der Waals surface area contributed by atoms with Gasteiger partial charge in [0.15, 0.2) is 0 Å². The van der Waals surface area contributed by atoms with Crippen molar-refractivity contribution in [3.05, 3.63) is 89.5 Å². The normalized spacial score (nSPS) is 23.4. The summed E-state index contributed by atoms with van der Waals surface area (Å²) in [6.45, 7) is 2.98. The second-order valence-electron chi connectivity index (χ2n) is 8.22. The Labute approximate surface area is 165 Å². The summed E-state index contributed by atoms with van der Waals surface area (Å²) in [7, 11) is 0. The van der Waals surface area contributed by atoms with Crippen LogP contribution >= 0.6 is 0 Å². The van der Waals surface area contributed by atoms with Crippen LogP contribution < -0.4 is 5.32 Å². The van der Waals surface area contributed by atoms with Crippen molar-refractivity contribution in [1.82, 2.24) is 0 Å². The molecule has 0 radical (unpaired) electrons. The van der Waals surface area contributed by atoms with Crippen molar-refractivity contribution < 1.29 is 4.74 Å². The molecule has 3 atom stereocenters. The number of ether oxygens (including phenoxy) is 1. The van der Waals surface area contributed by atoms with Gasteiger partial charge in [-0.15, -0.1) is 0 Å². The first-order chi connectivity index (χ1) is 13.8. The van der Waals surface area contributed by atoms with E-state index in [1.165, 1.54) is 43.9 Å². The highest BCUT2D eigenvalue weighted by Gasteiger charge is 2.42. The number of anilines is 1. The topological polar surface area (TPSA) is 21.3 Å². The predicted octanol–water partition coefficient (Wildman–Crippen LogP) is 6.55. The summed E-state index contributed by atoms with van der Waals surface area (Å²) in [5.74, 6) is 0.465. The van der Waals surface area contributed by atoms with E-state index < -0.39 is 0 Å². The molecule has 0 aromatic heterocycles. The first kappa shape index (κ1) is 16.1. The second-order valence-corrected chi connectivity index (χ2v) is 8.22. The van der Waals surface area contributed by atoms with Crippen LogP contribution in [0.4, 0.5) is 5.69 Å². The molecule has 0 saturated carbocycles. The molecular weight excluding hydrogens is 342 g/mol. The lowest BCUT2D eigenvalue weighted by molar-refractivity contribution is 0.0841. The SMILES string of the molecule is Cc1ccc([C@@H]2Nc3ccc4cc5ccccc5cc4c3[C@H]3OCC[C@H]32)cc1. The van der Waals surface area contributed by atoms with Crippen molar-refractivity contribution in [3.8, 4) is 0 Å². The average Bonchev–Trinajstić information content (AvgIpc) is 3.22. The number of hydrogen-bond donors (Lipinski definition) is 1. The van der Waals surface area contributed by atoms with Crippen LogP contribution in [0.3, 0.4) is 0 Å². The number of nitrogens with one attached hydrogen (secondary N) is 1. The van der Waals surface area contributed by atoms with E-state index in [0.29, 0.717) is 12.0 Å². The van der Waals surface area contributed by atoms with Crippen molar-refractivity contribution in [2.24, 2.45) is 5.92 Å². The third-order valence-electron chi connectivity index (χ3n) is 6.53. The fraction of sp³-hybridized carbons (Fsp3) is 0.231. The largest absolute Gasteiger partial charge is 0.378 e. The zero-order valence-corrected chi connectivity index (χ0v) is 16.0. The molecule has 2 aliphatic rings. The number of benzene rings is 4. The van der Waals surface area contributed by atoms with E-state index in [9.17, 15) is 0 Å². The molecular formula is C26H23NO. The van der Waals surface area contributed by atoms with Crippen molar-refractivity contribution >= 4 is 27.2 Å². The fourth-order valence-electron chi connectivity index (χ4n) is 5.09. The van der Waals surface area contributed by atoms with Crippen molar-refractivity contribution in [1.29, 1.82) is 0 Å². The third-order valence-corrected chi connectivity index (χ3v) is 6.53. The summed E-state index contributed by atoms with van der Waals surface area (Å²) in [5.41, 5.74) is 5.22. The van der Waals surface area contributed by atoms with Crippen LogP contribution in [0.2, 0.25) is 0 Å². The molecule has 2 nitrogen and oxygen atoms in total. The molecule has 6 rings (SSSR count). The minimum absolute atomic E-state index is 0.160. The van der Waals surface area contributed by atoms with Crippen LogP contribution in [-0.4, -0.2) is 6.61 Å². The quantitative estimate of drug-likeness (QED) is 0.386. The third kappa shape index (κ3) is 2.38. The van der Waals surface area contributed by atoms with Crippen LogP contribution in [0.25, 0.3) is 21.5 Å². The summed E-state index contributed by atoms with van der Waals surface area (Å²) < 4.78 is 6.34. The van der Waals surface area contributed by atoms with E-state index >= 15 is 0 Å².